The van der Waals surface area contributed by atoms with Crippen LogP contribution >= 0.6 is 0 Å². The molecule has 0 bridgehead atoms. The molecule has 0 fully saturated rings. The maximum Gasteiger partial charge on any atom is 0.335 e. The van der Waals surface area contributed by atoms with E-state index in [9.17, 15) is 19.4 Å². The Kier molecular flexibility index (Phi) is 4.97. The standard InChI is InChI=1S/C28H25F2N3O5/c1-4-28(36,14-37-2)26-22(15-5-7-16(8-6-15)27(34)35)23-20(11-17-13-31-32-25(17)24(23)30)33(26)18-9-10-19(29)21(12-18)38-3/h5-13,36H,4,14H2,1-3H3,(H,31,32)(H,34,35)/i1D3,4D2. The Morgan fingerprint density at radius 1 is 1.21 bits per heavy atom. The van der Waals surface area contributed by atoms with Gasteiger partial charge in [-0.1, -0.05) is 19.0 Å². The molecular weight excluding hydrogens is 496 g/mol. The number of nitrogens with zero attached hydrogens (tertiary/aromatic N) is 2. The van der Waals surface area contributed by atoms with Crippen LogP contribution in [0.1, 0.15) is 36.1 Å². The minimum Gasteiger partial charge on any atom is -0.494 e. The lowest BCUT2D eigenvalue weighted by Gasteiger charge is -2.30. The second-order valence-electron chi connectivity index (χ2n) is 8.60. The molecule has 5 aromatic rings. The first-order chi connectivity index (χ1) is 20.2. The third-order valence-corrected chi connectivity index (χ3v) is 6.37. The summed E-state index contributed by atoms with van der Waals surface area (Å²) in [6.45, 7) is -4.34. The maximum atomic E-state index is 16.5. The van der Waals surface area contributed by atoms with Crippen molar-refractivity contribution in [3.8, 4) is 22.6 Å². The highest BCUT2D eigenvalue weighted by Gasteiger charge is 2.38. The number of halogens is 2. The van der Waals surface area contributed by atoms with Crippen molar-refractivity contribution < 1.29 is 40.1 Å². The zero-order valence-electron chi connectivity index (χ0n) is 25.2. The van der Waals surface area contributed by atoms with Crippen molar-refractivity contribution in [2.75, 3.05) is 20.8 Å². The number of carbonyl (C=O) groups is 1. The molecule has 196 valence electrons. The van der Waals surface area contributed by atoms with E-state index in [2.05, 4.69) is 10.2 Å². The zero-order valence-corrected chi connectivity index (χ0v) is 20.2. The van der Waals surface area contributed by atoms with E-state index in [4.69, 9.17) is 16.3 Å². The third kappa shape index (κ3) is 3.89. The molecule has 0 amide bonds. The Labute approximate surface area is 223 Å². The summed E-state index contributed by atoms with van der Waals surface area (Å²) in [7, 11) is 2.35. The smallest absolute Gasteiger partial charge is 0.335 e. The van der Waals surface area contributed by atoms with Crippen molar-refractivity contribution in [2.24, 2.45) is 0 Å². The molecule has 0 aliphatic carbocycles. The number of H-pyrrole nitrogens is 1. The Balaban J connectivity index is 2.07. The van der Waals surface area contributed by atoms with E-state index in [1.807, 2.05) is 0 Å². The predicted octanol–water partition coefficient (Wildman–Crippen LogP) is 5.40. The minimum absolute atomic E-state index is 0.0308. The number of hydrogen-bond acceptors (Lipinski definition) is 5. The molecule has 2 heterocycles. The number of aromatic carboxylic acids is 1. The van der Waals surface area contributed by atoms with Gasteiger partial charge in [-0.25, -0.2) is 13.6 Å². The Bertz CT molecular complexity index is 1870. The van der Waals surface area contributed by atoms with E-state index >= 15 is 4.39 Å². The molecule has 1 unspecified atom stereocenters. The van der Waals surface area contributed by atoms with E-state index in [0.717, 1.165) is 13.2 Å². The maximum absolute atomic E-state index is 16.5. The summed E-state index contributed by atoms with van der Waals surface area (Å²) in [5.41, 5.74) is -3.55. The fourth-order valence-corrected chi connectivity index (χ4v) is 4.68. The molecule has 0 spiro atoms. The molecule has 3 N–H and O–H groups in total. The van der Waals surface area contributed by atoms with Crippen molar-refractivity contribution in [1.82, 2.24) is 14.8 Å². The van der Waals surface area contributed by atoms with Gasteiger partial charge < -0.3 is 24.3 Å². The Morgan fingerprint density at radius 2 is 1.97 bits per heavy atom. The van der Waals surface area contributed by atoms with Crippen molar-refractivity contribution in [3.05, 3.63) is 77.6 Å². The average molecular weight is 527 g/mol. The van der Waals surface area contributed by atoms with Gasteiger partial charge in [0.1, 0.15) is 11.1 Å². The van der Waals surface area contributed by atoms with Crippen LogP contribution in [0.2, 0.25) is 0 Å². The summed E-state index contributed by atoms with van der Waals surface area (Å²) in [4.78, 5) is 11.6. The van der Waals surface area contributed by atoms with Gasteiger partial charge in [-0.15, -0.1) is 0 Å². The molecule has 3 aromatic carbocycles. The van der Waals surface area contributed by atoms with Crippen LogP contribution in [-0.4, -0.2) is 51.8 Å². The van der Waals surface area contributed by atoms with Crippen LogP contribution in [0.15, 0.2) is 54.7 Å². The minimum atomic E-state index is -3.43. The highest BCUT2D eigenvalue weighted by atomic mass is 19.1. The number of fused-ring (bicyclic) bond motifs is 2. The highest BCUT2D eigenvalue weighted by Crippen LogP contribution is 2.46. The summed E-state index contributed by atoms with van der Waals surface area (Å²) in [5, 5.41) is 28.3. The normalized spacial score (nSPS) is 15.9. The van der Waals surface area contributed by atoms with Crippen LogP contribution in [0.5, 0.6) is 5.75 Å². The molecule has 1 atom stereocenters. The number of methoxy groups -OCH3 is 2. The number of carboxylic acid groups (broad SMARTS) is 1. The number of nitrogens with one attached hydrogen (secondary N) is 1. The highest BCUT2D eigenvalue weighted by molar-refractivity contribution is 6.06. The molecule has 10 heteroatoms. The van der Waals surface area contributed by atoms with Crippen LogP contribution in [0.25, 0.3) is 38.6 Å². The number of benzene rings is 3. The van der Waals surface area contributed by atoms with Gasteiger partial charge in [0, 0.05) is 42.1 Å². The molecule has 0 aliphatic rings. The molecule has 38 heavy (non-hydrogen) atoms. The number of aliphatic hydroxyl groups is 1. The van der Waals surface area contributed by atoms with Crippen LogP contribution in [0.3, 0.4) is 0 Å². The molecule has 0 aliphatic heterocycles. The molecule has 2 aromatic heterocycles. The van der Waals surface area contributed by atoms with E-state index < -0.39 is 48.7 Å². The van der Waals surface area contributed by atoms with Crippen LogP contribution in [0.4, 0.5) is 8.78 Å². The summed E-state index contributed by atoms with van der Waals surface area (Å²) in [6.07, 6.45) is -2.08. The topological polar surface area (TPSA) is 110 Å². The third-order valence-electron chi connectivity index (χ3n) is 6.37. The van der Waals surface area contributed by atoms with Gasteiger partial charge in [0.25, 0.3) is 0 Å². The summed E-state index contributed by atoms with van der Waals surface area (Å²) >= 11 is 0. The first-order valence-corrected chi connectivity index (χ1v) is 11.3. The van der Waals surface area contributed by atoms with Gasteiger partial charge in [-0.05, 0) is 42.3 Å². The number of hydrogen-bond donors (Lipinski definition) is 3. The SMILES string of the molecule is [2H]C([2H])([2H])C([2H])([2H])C(O)(COC)c1c(-c2ccc(C(=O)O)cc2)c2c(F)c3[nH]ncc3cc2n1-c1ccc(F)c(OC)c1. The summed E-state index contributed by atoms with van der Waals surface area (Å²) < 4.78 is 84.1. The quantitative estimate of drug-likeness (QED) is 0.250. The lowest BCUT2D eigenvalue weighted by Crippen LogP contribution is -2.33. The Hall–Kier alpha value is -4.28. The van der Waals surface area contributed by atoms with E-state index in [-0.39, 0.29) is 49.9 Å². The summed E-state index contributed by atoms with van der Waals surface area (Å²) in [5.74, 6) is -3.10. The van der Waals surface area contributed by atoms with Gasteiger partial charge in [-0.3, -0.25) is 5.10 Å². The van der Waals surface area contributed by atoms with Crippen molar-refractivity contribution in [3.63, 3.8) is 0 Å². The molecular formula is C28H25F2N3O5. The van der Waals surface area contributed by atoms with E-state index in [1.165, 1.54) is 60.3 Å². The van der Waals surface area contributed by atoms with Gasteiger partial charge in [0.05, 0.1) is 36.7 Å². The zero-order chi connectivity index (χ0) is 31.5. The second-order valence-corrected chi connectivity index (χ2v) is 8.60. The molecule has 0 saturated heterocycles. The van der Waals surface area contributed by atoms with Crippen LogP contribution < -0.4 is 4.74 Å². The van der Waals surface area contributed by atoms with Crippen LogP contribution in [0, 0.1) is 11.6 Å². The predicted molar refractivity (Wildman–Crippen MR) is 138 cm³/mol. The van der Waals surface area contributed by atoms with Crippen LogP contribution in [-0.2, 0) is 10.3 Å². The number of ether oxygens (including phenoxy) is 2. The molecule has 8 nitrogen and oxygen atoms in total. The first-order valence-electron chi connectivity index (χ1n) is 13.8. The molecule has 5 rings (SSSR count). The van der Waals surface area contributed by atoms with Gasteiger partial charge >= 0.3 is 5.97 Å². The van der Waals surface area contributed by atoms with Gasteiger partial charge in [-0.2, -0.15) is 5.10 Å². The fraction of sp³-hybridized carbons (Fsp3) is 0.214. The largest absolute Gasteiger partial charge is 0.494 e. The van der Waals surface area contributed by atoms with E-state index in [0.29, 0.717) is 0 Å². The van der Waals surface area contributed by atoms with Gasteiger partial charge in [0.2, 0.25) is 0 Å². The lowest BCUT2D eigenvalue weighted by molar-refractivity contribution is -0.0422. The average Bonchev–Trinajstić information content (AvgIpc) is 3.56. The van der Waals surface area contributed by atoms with Crippen molar-refractivity contribution in [2.45, 2.75) is 18.8 Å². The molecule has 0 saturated carbocycles. The monoisotopic (exact) mass is 526 g/mol. The number of rotatable bonds is 8. The van der Waals surface area contributed by atoms with Crippen molar-refractivity contribution >= 4 is 27.8 Å². The number of aromatic amines is 1. The van der Waals surface area contributed by atoms with Crippen molar-refractivity contribution in [1.29, 1.82) is 0 Å². The first kappa shape index (κ1) is 19.8. The lowest BCUT2D eigenvalue weighted by atomic mass is 9.89. The number of carboxylic acids is 1. The van der Waals surface area contributed by atoms with Gasteiger partial charge in [0.15, 0.2) is 17.4 Å². The summed E-state index contributed by atoms with van der Waals surface area (Å²) in [6, 6.07) is 10.1. The second kappa shape index (κ2) is 9.55. The fourth-order valence-electron chi connectivity index (χ4n) is 4.68. The molecule has 0 radical (unpaired) electrons. The number of aromatic nitrogens is 3. The Morgan fingerprint density at radius 3 is 2.63 bits per heavy atom. The van der Waals surface area contributed by atoms with E-state index in [1.54, 1.807) is 0 Å².